The molecule has 10 nitrogen and oxygen atoms in total. The maximum atomic E-state index is 10.8. The highest BCUT2D eigenvalue weighted by molar-refractivity contribution is 7.94. The van der Waals surface area contributed by atoms with E-state index in [4.69, 9.17) is 9.81 Å². The fourth-order valence-corrected chi connectivity index (χ4v) is 3.61. The van der Waals surface area contributed by atoms with Crippen molar-refractivity contribution in [2.45, 2.75) is 0 Å². The molecule has 0 aliphatic carbocycles. The lowest BCUT2D eigenvalue weighted by molar-refractivity contribution is -0.432. The van der Waals surface area contributed by atoms with E-state index >= 15 is 0 Å². The highest BCUT2D eigenvalue weighted by atomic mass is 32.2. The van der Waals surface area contributed by atoms with Gasteiger partial charge in [-0.25, -0.2) is 5.26 Å². The zero-order chi connectivity index (χ0) is 15.3. The summed E-state index contributed by atoms with van der Waals surface area (Å²) in [5, 5.41) is 11.6. The van der Waals surface area contributed by atoms with E-state index in [0.29, 0.717) is 19.1 Å². The number of hydrogen-bond acceptors (Lipinski definition) is 10. The highest BCUT2D eigenvalue weighted by Gasteiger charge is 2.27. The Morgan fingerprint density at radius 1 is 1.00 bits per heavy atom. The molecule has 0 radical (unpaired) electrons. The van der Waals surface area contributed by atoms with E-state index in [2.05, 4.69) is 24.1 Å². The van der Waals surface area contributed by atoms with Gasteiger partial charge in [-0.05, 0) is 0 Å². The van der Waals surface area contributed by atoms with Gasteiger partial charge in [0, 0.05) is 26.2 Å². The Morgan fingerprint density at radius 2 is 1.57 bits per heavy atom. The zero-order valence-corrected chi connectivity index (χ0v) is 13.1. The first-order valence-corrected chi connectivity index (χ1v) is 8.92. The lowest BCUT2D eigenvalue weighted by Gasteiger charge is -2.23. The summed E-state index contributed by atoms with van der Waals surface area (Å²) in [4.78, 5) is 8.20. The number of nitrogens with zero attached hydrogens (tertiary/aromatic N) is 4. The molecule has 0 aromatic rings. The average Bonchev–Trinajstić information content (AvgIpc) is 2.98. The second-order valence-electron chi connectivity index (χ2n) is 5.10. The van der Waals surface area contributed by atoms with E-state index in [9.17, 15) is 8.42 Å². The normalized spacial score (nSPS) is 23.3. The van der Waals surface area contributed by atoms with Crippen molar-refractivity contribution in [3.63, 3.8) is 0 Å². The van der Waals surface area contributed by atoms with Crippen LogP contribution in [0.3, 0.4) is 0 Å². The summed E-state index contributed by atoms with van der Waals surface area (Å²) in [6, 6.07) is 0. The van der Waals surface area contributed by atoms with Crippen molar-refractivity contribution in [1.82, 2.24) is 19.6 Å². The van der Waals surface area contributed by atoms with Crippen molar-refractivity contribution >= 4 is 22.2 Å². The largest absolute Gasteiger partial charge is 0.285 e. The smallest absolute Gasteiger partial charge is 0.278 e. The predicted molar refractivity (Wildman–Crippen MR) is 75.1 cm³/mol. The van der Waals surface area contributed by atoms with E-state index in [1.165, 1.54) is 0 Å². The molecule has 2 heterocycles. The van der Waals surface area contributed by atoms with Crippen LogP contribution in [0.1, 0.15) is 0 Å². The van der Waals surface area contributed by atoms with Crippen molar-refractivity contribution < 1.29 is 27.6 Å². The van der Waals surface area contributed by atoms with Gasteiger partial charge >= 0.3 is 0 Å². The predicted octanol–water partition coefficient (Wildman–Crippen LogP) is -1.03. The molecule has 2 fully saturated rings. The molecule has 2 N–H and O–H groups in total. The molecule has 12 heteroatoms. The second-order valence-corrected chi connectivity index (χ2v) is 7.15. The summed E-state index contributed by atoms with van der Waals surface area (Å²) in [5.74, 6) is 0.275. The maximum absolute atomic E-state index is 10.8. The summed E-state index contributed by atoms with van der Waals surface area (Å²) in [6.45, 7) is 5.28. The van der Waals surface area contributed by atoms with Crippen molar-refractivity contribution in [3.8, 4) is 0 Å². The van der Waals surface area contributed by atoms with E-state index in [1.807, 2.05) is 0 Å². The van der Waals surface area contributed by atoms with Crippen LogP contribution in [0, 0.1) is 0 Å². The number of rotatable bonds is 8. The molecule has 2 rings (SSSR count). The van der Waals surface area contributed by atoms with Gasteiger partial charge < -0.3 is 0 Å². The van der Waals surface area contributed by atoms with Crippen LogP contribution in [0.25, 0.3) is 0 Å². The van der Waals surface area contributed by atoms with Gasteiger partial charge in [-0.3, -0.25) is 24.2 Å². The minimum Gasteiger partial charge on any atom is -0.285 e. The SMILES string of the molecule is O=S(=O)(O)CN1CCN(CN2CCN(CSOOO)C2)C1. The molecule has 2 saturated heterocycles. The molecule has 2 aliphatic heterocycles. The average molecular weight is 344 g/mol. The Kier molecular flexibility index (Phi) is 6.61. The third-order valence-electron chi connectivity index (χ3n) is 3.32. The molecule has 124 valence electrons. The molecule has 0 unspecified atom stereocenters. The number of hydrogen-bond donors (Lipinski definition) is 2. The van der Waals surface area contributed by atoms with Crippen LogP contribution in [-0.4, -0.2) is 95.8 Å². The third-order valence-corrected chi connectivity index (χ3v) is 4.64. The first kappa shape index (κ1) is 17.3. The van der Waals surface area contributed by atoms with Gasteiger partial charge in [-0.2, -0.15) is 8.42 Å². The standard InChI is InChI=1S/C9H20N4O6S2/c14-18-19-20-8-12-3-1-10(6-12)5-11-2-4-13(7-11)9-21(15,16)17/h14H,1-9H2,(H,15,16,17). The summed E-state index contributed by atoms with van der Waals surface area (Å²) >= 11 is 1.01. The van der Waals surface area contributed by atoms with Gasteiger partial charge in [0.2, 0.25) is 0 Å². The Bertz CT molecular complexity index is 424. The van der Waals surface area contributed by atoms with Crippen molar-refractivity contribution in [2.24, 2.45) is 0 Å². The van der Waals surface area contributed by atoms with E-state index in [0.717, 1.165) is 45.0 Å². The van der Waals surface area contributed by atoms with E-state index in [-0.39, 0.29) is 5.88 Å². The van der Waals surface area contributed by atoms with Gasteiger partial charge in [0.1, 0.15) is 5.88 Å². The molecule has 21 heavy (non-hydrogen) atoms. The van der Waals surface area contributed by atoms with Gasteiger partial charge in [-0.1, -0.05) is 5.04 Å². The highest BCUT2D eigenvalue weighted by Crippen LogP contribution is 2.13. The molecule has 0 atom stereocenters. The molecule has 0 aromatic carbocycles. The summed E-state index contributed by atoms with van der Waals surface area (Å²) in [6.07, 6.45) is 0. The van der Waals surface area contributed by atoms with Crippen LogP contribution in [0.5, 0.6) is 0 Å². The fraction of sp³-hybridized carbons (Fsp3) is 1.00. The first-order chi connectivity index (χ1) is 9.96. The second kappa shape index (κ2) is 8.01. The Hall–Kier alpha value is -0.0200. The minimum atomic E-state index is -3.95. The Balaban J connectivity index is 1.65. The molecule has 0 aromatic heterocycles. The lowest BCUT2D eigenvalue weighted by atomic mass is 10.6. The minimum absolute atomic E-state index is 0.315. The molecule has 0 bridgehead atoms. The monoisotopic (exact) mass is 344 g/mol. The van der Waals surface area contributed by atoms with Gasteiger partial charge in [-0.15, -0.1) is 4.33 Å². The van der Waals surface area contributed by atoms with E-state index < -0.39 is 10.1 Å². The lowest BCUT2D eigenvalue weighted by Crippen LogP contribution is -2.38. The molecule has 0 amide bonds. The van der Waals surface area contributed by atoms with Crippen molar-refractivity contribution in [2.75, 3.05) is 57.9 Å². The van der Waals surface area contributed by atoms with Crippen LogP contribution >= 0.6 is 12.0 Å². The first-order valence-electron chi connectivity index (χ1n) is 6.40. The quantitative estimate of drug-likeness (QED) is 0.185. The molecule has 0 saturated carbocycles. The van der Waals surface area contributed by atoms with Crippen molar-refractivity contribution in [3.05, 3.63) is 0 Å². The fourth-order valence-electron chi connectivity index (χ4n) is 2.49. The van der Waals surface area contributed by atoms with Crippen LogP contribution in [-0.2, 0) is 19.5 Å². The zero-order valence-electron chi connectivity index (χ0n) is 11.5. The van der Waals surface area contributed by atoms with Crippen LogP contribution in [0.2, 0.25) is 0 Å². The summed E-state index contributed by atoms with van der Waals surface area (Å²) in [7, 11) is -3.95. The third kappa shape index (κ3) is 6.32. The molecule has 2 aliphatic rings. The maximum Gasteiger partial charge on any atom is 0.278 e. The molecular weight excluding hydrogens is 324 g/mol. The van der Waals surface area contributed by atoms with Gasteiger partial charge in [0.15, 0.2) is 0 Å². The van der Waals surface area contributed by atoms with Crippen LogP contribution < -0.4 is 0 Å². The topological polar surface area (TPSA) is 106 Å². The van der Waals surface area contributed by atoms with Gasteiger partial charge in [0.25, 0.3) is 10.1 Å². The summed E-state index contributed by atoms with van der Waals surface area (Å²) in [5.41, 5.74) is 0. The van der Waals surface area contributed by atoms with E-state index in [1.54, 1.807) is 4.90 Å². The van der Waals surface area contributed by atoms with Crippen LogP contribution in [0.4, 0.5) is 0 Å². The molecular formula is C9H20N4O6S2. The summed E-state index contributed by atoms with van der Waals surface area (Å²) < 4.78 is 34.9. The Labute approximate surface area is 128 Å². The van der Waals surface area contributed by atoms with Crippen LogP contribution in [0.15, 0.2) is 0 Å². The Morgan fingerprint density at radius 3 is 2.19 bits per heavy atom. The van der Waals surface area contributed by atoms with Gasteiger partial charge in [0.05, 0.1) is 37.9 Å². The molecule has 0 spiro atoms. The van der Waals surface area contributed by atoms with Crippen molar-refractivity contribution in [1.29, 1.82) is 0 Å².